The van der Waals surface area contributed by atoms with Crippen LogP contribution in [0.4, 0.5) is 11.5 Å². The first-order valence-corrected chi connectivity index (χ1v) is 10.1. The van der Waals surface area contributed by atoms with Crippen molar-refractivity contribution >= 4 is 37.8 Å². The molecule has 0 unspecified atom stereocenters. The van der Waals surface area contributed by atoms with E-state index < -0.39 is 9.84 Å². The molecule has 0 saturated heterocycles. The van der Waals surface area contributed by atoms with Gasteiger partial charge in [0.2, 0.25) is 0 Å². The van der Waals surface area contributed by atoms with Gasteiger partial charge in [-0.15, -0.1) is 5.53 Å². The molecule has 0 radical (unpaired) electrons. The van der Waals surface area contributed by atoms with E-state index in [0.29, 0.717) is 5.82 Å². The zero-order valence-electron chi connectivity index (χ0n) is 14.8. The minimum absolute atomic E-state index is 0.280. The van der Waals surface area contributed by atoms with Crippen LogP contribution in [0.25, 0.3) is 16.5 Å². The number of rotatable bonds is 4. The first kappa shape index (κ1) is 17.3. The highest BCUT2D eigenvalue weighted by Crippen LogP contribution is 2.26. The minimum Gasteiger partial charge on any atom is -0.340 e. The highest BCUT2D eigenvalue weighted by atomic mass is 32.2. The van der Waals surface area contributed by atoms with E-state index in [9.17, 15) is 8.42 Å². The second-order valence-corrected chi connectivity index (χ2v) is 8.28. The Hall–Kier alpha value is -3.17. The summed E-state index contributed by atoms with van der Waals surface area (Å²) in [6.07, 6.45) is 6.63. The lowest BCUT2D eigenvalue weighted by molar-refractivity contribution is 0.330. The average molecular weight is 382 g/mol. The second-order valence-electron chi connectivity index (χ2n) is 6.26. The highest BCUT2D eigenvalue weighted by Gasteiger charge is 2.14. The number of aromatic nitrogens is 2. The Morgan fingerprint density at radius 1 is 1.11 bits per heavy atom. The third kappa shape index (κ3) is 3.55. The van der Waals surface area contributed by atoms with E-state index in [1.807, 2.05) is 25.4 Å². The summed E-state index contributed by atoms with van der Waals surface area (Å²) >= 11 is 0. The zero-order valence-corrected chi connectivity index (χ0v) is 15.6. The van der Waals surface area contributed by atoms with Crippen LogP contribution in [0, 0.1) is 0 Å². The van der Waals surface area contributed by atoms with Crippen molar-refractivity contribution in [2.75, 3.05) is 18.6 Å². The van der Waals surface area contributed by atoms with E-state index >= 15 is 0 Å². The van der Waals surface area contributed by atoms with Crippen LogP contribution >= 0.6 is 0 Å². The van der Waals surface area contributed by atoms with Crippen molar-refractivity contribution in [2.24, 2.45) is 0 Å². The van der Waals surface area contributed by atoms with E-state index in [2.05, 4.69) is 26.2 Å². The number of hydrogen-bond acceptors (Lipinski definition) is 8. The molecule has 3 N–H and O–H groups in total. The quantitative estimate of drug-likeness (QED) is 0.630. The molecular weight excluding hydrogens is 364 g/mol. The number of hydrazine groups is 2. The number of nitrogens with zero attached hydrogens (tertiary/aromatic N) is 3. The molecule has 0 spiro atoms. The normalized spacial score (nSPS) is 14.1. The molecule has 138 valence electrons. The number of benzene rings is 1. The van der Waals surface area contributed by atoms with Crippen LogP contribution < -0.4 is 16.3 Å². The zero-order chi connectivity index (χ0) is 19.0. The average Bonchev–Trinajstić information content (AvgIpc) is 3.07. The maximum atomic E-state index is 11.6. The first-order valence-electron chi connectivity index (χ1n) is 8.19. The van der Waals surface area contributed by atoms with Crippen molar-refractivity contribution in [2.45, 2.75) is 4.90 Å². The van der Waals surface area contributed by atoms with E-state index in [0.717, 1.165) is 27.9 Å². The number of anilines is 2. The smallest absolute Gasteiger partial charge is 0.175 e. The summed E-state index contributed by atoms with van der Waals surface area (Å²) in [6.45, 7) is 0. The Bertz CT molecular complexity index is 1140. The summed E-state index contributed by atoms with van der Waals surface area (Å²) in [7, 11) is -1.33. The predicted molar refractivity (Wildman–Crippen MR) is 104 cm³/mol. The Kier molecular flexibility index (Phi) is 4.17. The van der Waals surface area contributed by atoms with Crippen LogP contribution in [0.5, 0.6) is 0 Å². The van der Waals surface area contributed by atoms with Crippen LogP contribution in [0.3, 0.4) is 0 Å². The lowest BCUT2D eigenvalue weighted by Crippen LogP contribution is -2.33. The van der Waals surface area contributed by atoms with Crippen LogP contribution in [0.15, 0.2) is 59.9 Å². The summed E-state index contributed by atoms with van der Waals surface area (Å²) < 4.78 is 23.2. The second kappa shape index (κ2) is 6.53. The van der Waals surface area contributed by atoms with Gasteiger partial charge in [0.25, 0.3) is 0 Å². The molecule has 0 bridgehead atoms. The van der Waals surface area contributed by atoms with Crippen LogP contribution in [-0.2, 0) is 9.84 Å². The molecule has 1 aliphatic heterocycles. The molecule has 0 aliphatic carbocycles. The molecule has 1 aromatic carbocycles. The highest BCUT2D eigenvalue weighted by molar-refractivity contribution is 7.90. The molecule has 0 saturated carbocycles. The van der Waals surface area contributed by atoms with Gasteiger partial charge in [-0.3, -0.25) is 9.99 Å². The topological polar surface area (TPSA) is 99.2 Å². The Morgan fingerprint density at radius 3 is 2.56 bits per heavy atom. The fraction of sp³-hybridized carbons (Fsp3) is 0.111. The molecule has 1 aliphatic rings. The van der Waals surface area contributed by atoms with Gasteiger partial charge in [-0.2, -0.15) is 0 Å². The van der Waals surface area contributed by atoms with E-state index in [-0.39, 0.29) is 4.90 Å². The van der Waals surface area contributed by atoms with Crippen molar-refractivity contribution in [3.8, 4) is 0 Å². The van der Waals surface area contributed by atoms with Gasteiger partial charge in [0.05, 0.1) is 16.3 Å². The Labute approximate surface area is 156 Å². The summed E-state index contributed by atoms with van der Waals surface area (Å²) in [5.74, 6) is 0.642. The lowest BCUT2D eigenvalue weighted by Gasteiger charge is -2.10. The summed E-state index contributed by atoms with van der Waals surface area (Å²) in [4.78, 5) is 9.20. The van der Waals surface area contributed by atoms with Gasteiger partial charge >= 0.3 is 0 Å². The third-order valence-electron chi connectivity index (χ3n) is 4.15. The maximum absolute atomic E-state index is 11.6. The number of hydrogen-bond donors (Lipinski definition) is 3. The Morgan fingerprint density at radius 2 is 1.89 bits per heavy atom. The Balaban J connectivity index is 1.68. The molecule has 8 nitrogen and oxygen atoms in total. The summed E-state index contributed by atoms with van der Waals surface area (Å²) in [5, 5.41) is 6.92. The van der Waals surface area contributed by atoms with Crippen LogP contribution in [0.2, 0.25) is 0 Å². The fourth-order valence-corrected chi connectivity index (χ4v) is 3.44. The van der Waals surface area contributed by atoms with Crippen molar-refractivity contribution in [3.05, 3.63) is 60.7 Å². The first-order chi connectivity index (χ1) is 12.9. The number of sulfone groups is 1. The molecular formula is C18H18N6O2S. The van der Waals surface area contributed by atoms with Gasteiger partial charge in [-0.1, -0.05) is 0 Å². The molecule has 27 heavy (non-hydrogen) atoms. The van der Waals surface area contributed by atoms with Crippen molar-refractivity contribution in [1.82, 2.24) is 25.9 Å². The van der Waals surface area contributed by atoms with Gasteiger partial charge in [-0.25, -0.2) is 13.4 Å². The van der Waals surface area contributed by atoms with Crippen molar-refractivity contribution in [1.29, 1.82) is 0 Å². The molecule has 0 amide bonds. The number of pyridine rings is 2. The van der Waals surface area contributed by atoms with Crippen LogP contribution in [-0.4, -0.2) is 36.7 Å². The maximum Gasteiger partial charge on any atom is 0.175 e. The van der Waals surface area contributed by atoms with Gasteiger partial charge in [0.15, 0.2) is 9.84 Å². The van der Waals surface area contributed by atoms with E-state index in [4.69, 9.17) is 0 Å². The van der Waals surface area contributed by atoms with Gasteiger partial charge < -0.3 is 10.7 Å². The van der Waals surface area contributed by atoms with Crippen molar-refractivity contribution in [3.63, 3.8) is 0 Å². The summed E-state index contributed by atoms with van der Waals surface area (Å²) in [5.41, 5.74) is 8.47. The predicted octanol–water partition coefficient (Wildman–Crippen LogP) is 2.03. The number of fused-ring (bicyclic) bond motifs is 1. The van der Waals surface area contributed by atoms with Crippen LogP contribution in [0.1, 0.15) is 5.69 Å². The molecule has 0 fully saturated rings. The fourth-order valence-electron chi connectivity index (χ4n) is 2.81. The molecule has 3 aromatic rings. The molecule has 2 aromatic heterocycles. The number of nitrogens with one attached hydrogen (secondary N) is 3. The van der Waals surface area contributed by atoms with Crippen molar-refractivity contribution < 1.29 is 8.42 Å². The van der Waals surface area contributed by atoms with Gasteiger partial charge in [0, 0.05) is 48.4 Å². The third-order valence-corrected chi connectivity index (χ3v) is 5.28. The largest absolute Gasteiger partial charge is 0.340 e. The van der Waals surface area contributed by atoms with E-state index in [1.54, 1.807) is 41.7 Å². The molecule has 4 rings (SSSR count). The van der Waals surface area contributed by atoms with Gasteiger partial charge in [0.1, 0.15) is 5.82 Å². The summed E-state index contributed by atoms with van der Waals surface area (Å²) in [6, 6.07) is 10.4. The van der Waals surface area contributed by atoms with Gasteiger partial charge in [-0.05, 0) is 36.4 Å². The monoisotopic (exact) mass is 382 g/mol. The minimum atomic E-state index is -3.22. The molecule has 0 atom stereocenters. The molecule has 3 heterocycles. The lowest BCUT2D eigenvalue weighted by atomic mass is 10.1. The van der Waals surface area contributed by atoms with E-state index in [1.165, 1.54) is 6.26 Å². The molecule has 9 heteroatoms. The standard InChI is InChI=1S/C18H18N6O2S/c1-24-11-16(22-23-24)18-15-9-17(20-10-12(15)7-8-19-18)21-13-3-5-14(6-4-13)27(2,25)26/h3-11,22-23H,1-2H3,(H,20,21). The SMILES string of the molecule is CN1C=C(c2nccc3cnc(Nc4ccc(S(C)(=O)=O)cc4)cc23)NN1.